The van der Waals surface area contributed by atoms with Crippen LogP contribution in [0.4, 0.5) is 5.69 Å². The lowest BCUT2D eigenvalue weighted by Crippen LogP contribution is -2.61. The smallest absolute Gasteiger partial charge is 0.271 e. The van der Waals surface area contributed by atoms with Gasteiger partial charge in [-0.2, -0.15) is 0 Å². The van der Waals surface area contributed by atoms with Gasteiger partial charge in [0.25, 0.3) is 5.79 Å². The number of rotatable bonds is 3. The highest BCUT2D eigenvalue weighted by molar-refractivity contribution is 9.09. The zero-order valence-electron chi connectivity index (χ0n) is 19.2. The Morgan fingerprint density at radius 3 is 2.66 bits per heavy atom. The number of ether oxygens (including phenoxy) is 1. The Balaban J connectivity index is 1.49. The van der Waals surface area contributed by atoms with Crippen LogP contribution in [0.2, 0.25) is 0 Å². The first-order valence-electron chi connectivity index (χ1n) is 11.5. The van der Waals surface area contributed by atoms with Gasteiger partial charge in [-0.1, -0.05) is 72.2 Å². The van der Waals surface area contributed by atoms with Crippen molar-refractivity contribution < 1.29 is 25.2 Å². The Kier molecular flexibility index (Phi) is 5.00. The van der Waals surface area contributed by atoms with Crippen LogP contribution in [-0.2, 0) is 16.1 Å². The van der Waals surface area contributed by atoms with Crippen molar-refractivity contribution in [3.05, 3.63) is 88.5 Å². The van der Waals surface area contributed by atoms with Crippen LogP contribution >= 0.6 is 27.7 Å². The molecule has 0 radical (unpaired) electrons. The number of amides is 1. The minimum Gasteiger partial charge on any atom is -0.454 e. The van der Waals surface area contributed by atoms with Crippen molar-refractivity contribution in [1.82, 2.24) is 5.32 Å². The first-order valence-corrected chi connectivity index (χ1v) is 13.3. The molecule has 2 heterocycles. The molecule has 5 N–H and O–H groups in total. The van der Waals surface area contributed by atoms with Crippen molar-refractivity contribution in [1.29, 1.82) is 0 Å². The van der Waals surface area contributed by atoms with E-state index in [2.05, 4.69) is 40.8 Å². The molecule has 0 fully saturated rings. The Morgan fingerprint density at radius 2 is 1.91 bits per heavy atom. The monoisotopic (exact) mass is 551 g/mol. The third kappa shape index (κ3) is 2.91. The maximum atomic E-state index is 14.1. The summed E-state index contributed by atoms with van der Waals surface area (Å²) >= 11 is 5.12. The summed E-state index contributed by atoms with van der Waals surface area (Å²) in [5.41, 5.74) is 5.76. The molecule has 4 unspecified atom stereocenters. The fourth-order valence-corrected chi connectivity index (χ4v) is 7.72. The molecule has 0 saturated carbocycles. The minimum absolute atomic E-state index is 0.224. The van der Waals surface area contributed by atoms with Gasteiger partial charge in [0.15, 0.2) is 0 Å². The van der Waals surface area contributed by atoms with E-state index in [0.717, 1.165) is 16.0 Å². The number of hydrogen-bond acceptors (Lipinski definition) is 5. The third-order valence-electron chi connectivity index (χ3n) is 7.23. The second-order valence-corrected chi connectivity index (χ2v) is 11.7. The van der Waals surface area contributed by atoms with E-state index in [4.69, 9.17) is 4.74 Å². The first kappa shape index (κ1) is 22.8. The second kappa shape index (κ2) is 7.67. The number of halogens is 1. The Bertz CT molecular complexity index is 1430. The van der Waals surface area contributed by atoms with Gasteiger partial charge in [0.05, 0.1) is 10.4 Å². The fraction of sp³-hybridized carbons (Fsp3) is 0.259. The normalized spacial score (nSPS) is 27.8. The van der Waals surface area contributed by atoms with Crippen molar-refractivity contribution in [3.63, 3.8) is 0 Å². The summed E-state index contributed by atoms with van der Waals surface area (Å²) in [4.78, 5) is 28.7. The lowest BCUT2D eigenvalue weighted by atomic mass is 9.82. The number of carbonyl (C=O) groups is 2. The number of Topliss-reactive ketones (excluding diaryl/α,β-unsaturated/α-hetero) is 1. The summed E-state index contributed by atoms with van der Waals surface area (Å²) in [7, 11) is 0. The number of ketones is 1. The molecular weight excluding hydrogens is 528 g/mol. The number of alkyl halides is 1. The molecule has 2 aliphatic heterocycles. The molecule has 1 amide bonds. The summed E-state index contributed by atoms with van der Waals surface area (Å²) < 4.78 is 6.19. The lowest BCUT2D eigenvalue weighted by Gasteiger charge is -2.35. The fourth-order valence-electron chi connectivity index (χ4n) is 5.41. The van der Waals surface area contributed by atoms with Gasteiger partial charge >= 0.3 is 0 Å². The number of carbonyl (C=O) groups excluding carboxylic acids is 2. The van der Waals surface area contributed by atoms with Crippen molar-refractivity contribution in [2.75, 3.05) is 0 Å². The van der Waals surface area contributed by atoms with Gasteiger partial charge in [-0.05, 0) is 35.2 Å². The Morgan fingerprint density at radius 1 is 1.14 bits per heavy atom. The van der Waals surface area contributed by atoms with Crippen molar-refractivity contribution in [2.45, 2.75) is 46.1 Å². The molecule has 3 aromatic carbocycles. The van der Waals surface area contributed by atoms with Gasteiger partial charge in [0.1, 0.15) is 16.7 Å². The quantitative estimate of drug-likeness (QED) is 0.426. The molecule has 4 atom stereocenters. The van der Waals surface area contributed by atoms with Crippen LogP contribution in [0.5, 0.6) is 5.75 Å². The molecule has 178 valence electrons. The van der Waals surface area contributed by atoms with E-state index in [1.807, 2.05) is 36.4 Å². The summed E-state index contributed by atoms with van der Waals surface area (Å²) in [5, 5.41) is 14.6. The van der Waals surface area contributed by atoms with Crippen LogP contribution < -0.4 is 15.8 Å². The van der Waals surface area contributed by atoms with Gasteiger partial charge in [-0.15, -0.1) is 11.8 Å². The number of hydrogen-bond donors (Lipinski definition) is 3. The van der Waals surface area contributed by atoms with Crippen molar-refractivity contribution in [2.24, 2.45) is 0 Å². The van der Waals surface area contributed by atoms with E-state index in [1.54, 1.807) is 24.3 Å². The van der Waals surface area contributed by atoms with E-state index in [1.165, 1.54) is 11.8 Å². The van der Waals surface area contributed by atoms with E-state index in [9.17, 15) is 14.7 Å². The molecule has 0 aromatic heterocycles. The number of nitrogens with one attached hydrogen (secondary N) is 1. The van der Waals surface area contributed by atoms with Crippen LogP contribution in [0.3, 0.4) is 0 Å². The van der Waals surface area contributed by atoms with E-state index >= 15 is 0 Å². The molecule has 6 nitrogen and oxygen atoms in total. The maximum absolute atomic E-state index is 14.1. The van der Waals surface area contributed by atoms with Crippen molar-refractivity contribution >= 4 is 45.1 Å². The number of fused-ring (bicyclic) bond motifs is 6. The zero-order chi connectivity index (χ0) is 24.7. The molecule has 6 rings (SSSR count). The molecule has 8 heteroatoms. The molecule has 0 spiro atoms. The molecular formula is C27H24BrN2O4S+. The molecule has 3 aliphatic rings. The number of aliphatic hydroxyl groups is 1. The highest BCUT2D eigenvalue weighted by Crippen LogP contribution is 2.59. The number of quaternary nitrogens is 1. The van der Waals surface area contributed by atoms with E-state index < -0.39 is 22.4 Å². The predicted octanol–water partition coefficient (Wildman–Crippen LogP) is 4.04. The van der Waals surface area contributed by atoms with Gasteiger partial charge in [0, 0.05) is 16.0 Å². The average Bonchev–Trinajstić information content (AvgIpc) is 3.37. The van der Waals surface area contributed by atoms with Crippen LogP contribution in [0.25, 0.3) is 0 Å². The van der Waals surface area contributed by atoms with Crippen LogP contribution in [0.1, 0.15) is 57.2 Å². The molecule has 1 aliphatic carbocycles. The zero-order valence-corrected chi connectivity index (χ0v) is 21.6. The van der Waals surface area contributed by atoms with E-state index in [-0.39, 0.29) is 22.2 Å². The van der Waals surface area contributed by atoms with Gasteiger partial charge in [0.2, 0.25) is 17.2 Å². The van der Waals surface area contributed by atoms with E-state index in [0.29, 0.717) is 22.6 Å². The molecule has 3 aromatic rings. The summed E-state index contributed by atoms with van der Waals surface area (Å²) in [6.07, 6.45) is 0. The van der Waals surface area contributed by atoms with Gasteiger partial charge in [-0.3, -0.25) is 9.59 Å². The summed E-state index contributed by atoms with van der Waals surface area (Å²) in [6.45, 7) is 4.12. The minimum atomic E-state index is -2.08. The highest BCUT2D eigenvalue weighted by Gasteiger charge is 2.72. The Hall–Kier alpha value is -2.65. The predicted molar refractivity (Wildman–Crippen MR) is 136 cm³/mol. The summed E-state index contributed by atoms with van der Waals surface area (Å²) in [6, 6.07) is 18.5. The maximum Gasteiger partial charge on any atom is 0.271 e. The second-order valence-electron chi connectivity index (χ2n) is 9.54. The van der Waals surface area contributed by atoms with Crippen LogP contribution in [-0.4, -0.2) is 22.0 Å². The Labute approximate surface area is 215 Å². The number of benzene rings is 3. The highest BCUT2D eigenvalue weighted by atomic mass is 79.9. The third-order valence-corrected chi connectivity index (χ3v) is 9.97. The van der Waals surface area contributed by atoms with Crippen LogP contribution in [0, 0.1) is 0 Å². The topological polar surface area (TPSA) is 103 Å². The summed E-state index contributed by atoms with van der Waals surface area (Å²) in [5.74, 6) is -2.25. The SMILES string of the molecule is CC(C)c1ccc2c(c1)OC1(O)c3cccc([NH3+])c3C(=O)C21NC(=O)C1Sc2ccccc2C1Br. The van der Waals surface area contributed by atoms with Gasteiger partial charge in [-0.25, -0.2) is 0 Å². The number of thioether (sulfide) groups is 1. The molecule has 0 bridgehead atoms. The molecule has 0 saturated heterocycles. The standard InChI is InChI=1S/C27H23BrN2O4S/c1-13(2)14-10-11-16-19(12-14)34-27(33)17-7-5-8-18(29)21(17)24(31)26(16,27)30-25(32)23-22(28)15-6-3-4-9-20(15)35-23/h3-13,22-23,33H,29H2,1-2H3,(H,30,32)/p+1. The lowest BCUT2D eigenvalue weighted by molar-refractivity contribution is -0.255. The molecule has 35 heavy (non-hydrogen) atoms. The van der Waals surface area contributed by atoms with Crippen LogP contribution in [0.15, 0.2) is 65.6 Å². The van der Waals surface area contributed by atoms with Gasteiger partial charge < -0.3 is 20.9 Å². The first-order chi connectivity index (χ1) is 16.7. The largest absolute Gasteiger partial charge is 0.454 e. The van der Waals surface area contributed by atoms with Crippen molar-refractivity contribution in [3.8, 4) is 5.75 Å². The average molecular weight is 552 g/mol.